The Hall–Kier alpha value is -4.11. The van der Waals surface area contributed by atoms with Gasteiger partial charge in [-0.2, -0.15) is 5.10 Å². The van der Waals surface area contributed by atoms with E-state index in [-0.39, 0.29) is 5.92 Å². The van der Waals surface area contributed by atoms with Crippen LogP contribution in [0.25, 0.3) is 38.6 Å². The highest BCUT2D eigenvalue weighted by molar-refractivity contribution is 6.06. The van der Waals surface area contributed by atoms with Gasteiger partial charge in [0.15, 0.2) is 11.6 Å². The van der Waals surface area contributed by atoms with Crippen molar-refractivity contribution in [3.05, 3.63) is 83.4 Å². The number of carboxylic acid groups (broad SMARTS) is 1. The molecule has 0 amide bonds. The maximum absolute atomic E-state index is 14.9. The minimum atomic E-state index is -1.35. The Kier molecular flexibility index (Phi) is 5.30. The fourth-order valence-corrected chi connectivity index (χ4v) is 5.15. The second-order valence-corrected chi connectivity index (χ2v) is 8.91. The number of carbonyl (C=O) groups is 1. The van der Waals surface area contributed by atoms with Crippen LogP contribution in [0.2, 0.25) is 0 Å². The van der Waals surface area contributed by atoms with Gasteiger partial charge in [-0.25, -0.2) is 18.0 Å². The van der Waals surface area contributed by atoms with E-state index in [1.54, 1.807) is 12.3 Å². The molecule has 1 saturated heterocycles. The quantitative estimate of drug-likeness (QED) is 0.315. The van der Waals surface area contributed by atoms with Crippen LogP contribution >= 0.6 is 0 Å². The Balaban J connectivity index is 1.74. The van der Waals surface area contributed by atoms with Crippen LogP contribution in [-0.2, 0) is 4.74 Å². The van der Waals surface area contributed by atoms with Crippen molar-refractivity contribution in [2.45, 2.75) is 18.8 Å². The lowest BCUT2D eigenvalue weighted by Crippen LogP contribution is -2.17. The zero-order valence-electron chi connectivity index (χ0n) is 18.9. The number of H-pyrrole nitrogens is 1. The van der Waals surface area contributed by atoms with Crippen molar-refractivity contribution in [3.63, 3.8) is 0 Å². The molecular formula is C27H20F3N3O3. The van der Waals surface area contributed by atoms with Crippen molar-refractivity contribution < 1.29 is 27.8 Å². The van der Waals surface area contributed by atoms with E-state index in [0.717, 1.165) is 34.1 Å². The third-order valence-corrected chi connectivity index (χ3v) is 6.82. The summed E-state index contributed by atoms with van der Waals surface area (Å²) in [5.41, 5.74) is 3.48. The van der Waals surface area contributed by atoms with Crippen molar-refractivity contribution in [1.82, 2.24) is 14.8 Å². The first-order valence-electron chi connectivity index (χ1n) is 11.5. The van der Waals surface area contributed by atoms with Gasteiger partial charge in [0.1, 0.15) is 5.82 Å². The fraction of sp³-hybridized carbons (Fsp3) is 0.185. The smallest absolute Gasteiger partial charge is 0.338 e. The number of halogens is 3. The van der Waals surface area contributed by atoms with Crippen molar-refractivity contribution in [3.8, 4) is 16.8 Å². The van der Waals surface area contributed by atoms with E-state index in [0.29, 0.717) is 48.4 Å². The highest BCUT2D eigenvalue weighted by Gasteiger charge is 2.29. The van der Waals surface area contributed by atoms with E-state index in [9.17, 15) is 23.1 Å². The van der Waals surface area contributed by atoms with Gasteiger partial charge in [0.05, 0.1) is 22.8 Å². The zero-order chi connectivity index (χ0) is 25.0. The lowest BCUT2D eigenvalue weighted by Gasteiger charge is -2.26. The molecule has 1 fully saturated rings. The minimum Gasteiger partial charge on any atom is -0.478 e. The van der Waals surface area contributed by atoms with E-state index in [1.165, 1.54) is 18.2 Å². The summed E-state index contributed by atoms with van der Waals surface area (Å²) in [5.74, 6) is -4.16. The molecule has 0 bridgehead atoms. The number of nitrogens with zero attached hydrogens (tertiary/aromatic N) is 2. The van der Waals surface area contributed by atoms with Crippen molar-refractivity contribution in [2.24, 2.45) is 0 Å². The number of rotatable bonds is 4. The van der Waals surface area contributed by atoms with Crippen LogP contribution in [0.15, 0.2) is 54.7 Å². The molecule has 182 valence electrons. The summed E-state index contributed by atoms with van der Waals surface area (Å²) < 4.78 is 50.6. The Morgan fingerprint density at radius 2 is 1.81 bits per heavy atom. The normalized spacial score (nSPS) is 14.6. The molecule has 0 radical (unpaired) electrons. The van der Waals surface area contributed by atoms with Gasteiger partial charge in [-0.3, -0.25) is 5.10 Å². The van der Waals surface area contributed by atoms with Gasteiger partial charge in [-0.05, 0) is 54.8 Å². The molecule has 0 atom stereocenters. The molecule has 3 heterocycles. The van der Waals surface area contributed by atoms with E-state index in [1.807, 2.05) is 16.7 Å². The minimum absolute atomic E-state index is 0.0204. The molecule has 1 aliphatic rings. The molecule has 1 aliphatic heterocycles. The molecule has 0 spiro atoms. The largest absolute Gasteiger partial charge is 0.478 e. The third-order valence-electron chi connectivity index (χ3n) is 6.82. The predicted octanol–water partition coefficient (Wildman–Crippen LogP) is 6.18. The number of ether oxygens (including phenoxy) is 1. The molecule has 0 aliphatic carbocycles. The average molecular weight is 491 g/mol. The number of benzene rings is 3. The van der Waals surface area contributed by atoms with Crippen LogP contribution < -0.4 is 0 Å². The maximum atomic E-state index is 14.9. The van der Waals surface area contributed by atoms with E-state index in [2.05, 4.69) is 10.2 Å². The molecule has 6 nitrogen and oxygen atoms in total. The second-order valence-electron chi connectivity index (χ2n) is 8.91. The topological polar surface area (TPSA) is 80.1 Å². The van der Waals surface area contributed by atoms with Crippen LogP contribution in [0.4, 0.5) is 13.2 Å². The van der Waals surface area contributed by atoms with Gasteiger partial charge in [-0.15, -0.1) is 0 Å². The van der Waals surface area contributed by atoms with Crippen LogP contribution in [0.5, 0.6) is 0 Å². The molecule has 0 unspecified atom stereocenters. The SMILES string of the molecule is O=C(O)c1ccc(-c2c(C3CCOCC3)n(-c3ccc(F)c(F)c3)c3cc4cn[nH]c4cc23)cc1F. The first-order valence-corrected chi connectivity index (χ1v) is 11.5. The van der Waals surface area contributed by atoms with E-state index < -0.39 is 29.0 Å². The molecule has 9 heteroatoms. The average Bonchev–Trinajstić information content (AvgIpc) is 3.46. The van der Waals surface area contributed by atoms with Crippen LogP contribution in [-0.4, -0.2) is 39.1 Å². The predicted molar refractivity (Wildman–Crippen MR) is 128 cm³/mol. The Morgan fingerprint density at radius 1 is 1.00 bits per heavy atom. The number of carboxylic acids is 1. The summed E-state index contributed by atoms with van der Waals surface area (Å²) in [6, 6.07) is 11.6. The summed E-state index contributed by atoms with van der Waals surface area (Å²) in [6.45, 7) is 1.06. The first kappa shape index (κ1) is 22.4. The molecule has 36 heavy (non-hydrogen) atoms. The number of hydrogen-bond acceptors (Lipinski definition) is 3. The number of nitrogens with one attached hydrogen (secondary N) is 1. The molecule has 2 aromatic heterocycles. The molecule has 5 aromatic rings. The molecule has 6 rings (SSSR count). The molecule has 0 saturated carbocycles. The molecular weight excluding hydrogens is 471 g/mol. The van der Waals surface area contributed by atoms with Gasteiger partial charge < -0.3 is 14.4 Å². The van der Waals surface area contributed by atoms with Crippen LogP contribution in [0.3, 0.4) is 0 Å². The highest BCUT2D eigenvalue weighted by atomic mass is 19.2. The van der Waals surface area contributed by atoms with Gasteiger partial charge in [-0.1, -0.05) is 6.07 Å². The van der Waals surface area contributed by atoms with Gasteiger partial charge in [0, 0.05) is 52.9 Å². The van der Waals surface area contributed by atoms with Gasteiger partial charge in [0.2, 0.25) is 0 Å². The van der Waals surface area contributed by atoms with Gasteiger partial charge in [0.25, 0.3) is 0 Å². The highest BCUT2D eigenvalue weighted by Crippen LogP contribution is 2.45. The monoisotopic (exact) mass is 491 g/mol. The molecule has 2 N–H and O–H groups in total. The fourth-order valence-electron chi connectivity index (χ4n) is 5.15. The summed E-state index contributed by atoms with van der Waals surface area (Å²) in [4.78, 5) is 11.4. The van der Waals surface area contributed by atoms with Crippen molar-refractivity contribution in [2.75, 3.05) is 13.2 Å². The second kappa shape index (κ2) is 8.53. The lowest BCUT2D eigenvalue weighted by molar-refractivity contribution is 0.0692. The van der Waals surface area contributed by atoms with Crippen molar-refractivity contribution >= 4 is 27.8 Å². The molecule has 3 aromatic carbocycles. The Bertz CT molecular complexity index is 1650. The number of hydrogen-bond donors (Lipinski definition) is 2. The van der Waals surface area contributed by atoms with Crippen molar-refractivity contribution in [1.29, 1.82) is 0 Å². The number of aromatic carboxylic acids is 1. The zero-order valence-corrected chi connectivity index (χ0v) is 18.9. The Morgan fingerprint density at radius 3 is 2.53 bits per heavy atom. The number of aromatic amines is 1. The lowest BCUT2D eigenvalue weighted by atomic mass is 9.89. The van der Waals surface area contributed by atoms with Crippen LogP contribution in [0.1, 0.15) is 34.8 Å². The van der Waals surface area contributed by atoms with Crippen LogP contribution in [0, 0.1) is 17.5 Å². The maximum Gasteiger partial charge on any atom is 0.338 e. The standard InChI is InChI=1S/C27H20F3N3O3/c28-20-4-2-17(11-22(20)30)33-24-10-16-13-31-32-23(16)12-19(24)25(26(33)14-5-7-36-8-6-14)15-1-3-18(27(34)35)21(29)9-15/h1-4,9-14H,5-8H2,(H,31,32)(H,34,35). The summed E-state index contributed by atoms with van der Waals surface area (Å²) >= 11 is 0. The number of aromatic nitrogens is 3. The third kappa shape index (κ3) is 3.54. The van der Waals surface area contributed by atoms with E-state index in [4.69, 9.17) is 4.74 Å². The summed E-state index contributed by atoms with van der Waals surface area (Å²) in [6.07, 6.45) is 3.04. The Labute approximate surface area is 202 Å². The van der Waals surface area contributed by atoms with Gasteiger partial charge >= 0.3 is 5.97 Å². The number of fused-ring (bicyclic) bond motifs is 2. The first-order chi connectivity index (χ1) is 17.4. The summed E-state index contributed by atoms with van der Waals surface area (Å²) in [7, 11) is 0. The summed E-state index contributed by atoms with van der Waals surface area (Å²) in [5, 5.41) is 17.9. The van der Waals surface area contributed by atoms with E-state index >= 15 is 0 Å².